The minimum Gasteiger partial charge on any atom is -0.342 e. The van der Waals surface area contributed by atoms with E-state index in [4.69, 9.17) is 0 Å². The smallest absolute Gasteiger partial charge is 0.342 e. The number of carbonyl (C=O) groups excluding carboxylic acids is 1. The van der Waals surface area contributed by atoms with E-state index in [9.17, 15) is 26.4 Å². The second-order valence-corrected chi connectivity index (χ2v) is 10.3. The lowest BCUT2D eigenvalue weighted by Crippen LogP contribution is -2.44. The van der Waals surface area contributed by atoms with Gasteiger partial charge in [-0.3, -0.25) is 4.79 Å². The quantitative estimate of drug-likeness (QED) is 0.673. The molecule has 2 unspecified atom stereocenters. The number of amides is 1. The van der Waals surface area contributed by atoms with Gasteiger partial charge >= 0.3 is 6.18 Å². The van der Waals surface area contributed by atoms with E-state index >= 15 is 0 Å². The van der Waals surface area contributed by atoms with Crippen LogP contribution < -0.4 is 0 Å². The zero-order valence-electron chi connectivity index (χ0n) is 16.5. The van der Waals surface area contributed by atoms with E-state index in [0.717, 1.165) is 42.4 Å². The Labute approximate surface area is 174 Å². The zero-order valence-corrected chi connectivity index (χ0v) is 17.3. The minimum atomic E-state index is -4.75. The summed E-state index contributed by atoms with van der Waals surface area (Å²) in [5.74, 6) is 0.774. The van der Waals surface area contributed by atoms with Crippen LogP contribution in [0.25, 0.3) is 0 Å². The lowest BCUT2D eigenvalue weighted by atomic mass is 9.86. The number of halogens is 3. The summed E-state index contributed by atoms with van der Waals surface area (Å²) < 4.78 is 66.7. The van der Waals surface area contributed by atoms with Gasteiger partial charge in [0.2, 0.25) is 15.9 Å². The highest BCUT2D eigenvalue weighted by Crippen LogP contribution is 2.37. The van der Waals surface area contributed by atoms with Crippen LogP contribution in [0.2, 0.25) is 0 Å². The predicted octanol–water partition coefficient (Wildman–Crippen LogP) is 3.53. The fourth-order valence-corrected chi connectivity index (χ4v) is 6.54. The van der Waals surface area contributed by atoms with Crippen LogP contribution in [0.15, 0.2) is 41.3 Å². The second kappa shape index (κ2) is 8.00. The number of sulfonamides is 1. The molecular formula is C21H25F3N2O3S. The van der Waals surface area contributed by atoms with Gasteiger partial charge in [-0.25, -0.2) is 8.42 Å². The van der Waals surface area contributed by atoms with Crippen molar-refractivity contribution in [2.75, 3.05) is 26.2 Å². The third-order valence-electron chi connectivity index (χ3n) is 6.55. The molecule has 3 aliphatic rings. The van der Waals surface area contributed by atoms with Crippen LogP contribution in [0.1, 0.15) is 31.2 Å². The molecule has 1 amide bonds. The van der Waals surface area contributed by atoms with E-state index in [1.807, 2.05) is 4.90 Å². The Hall–Kier alpha value is -1.87. The lowest BCUT2D eigenvalue weighted by Gasteiger charge is -2.33. The van der Waals surface area contributed by atoms with Crippen molar-refractivity contribution in [2.45, 2.75) is 36.8 Å². The van der Waals surface area contributed by atoms with Crippen LogP contribution in [0.3, 0.4) is 0 Å². The Morgan fingerprint density at radius 2 is 1.53 bits per heavy atom. The van der Waals surface area contributed by atoms with Crippen molar-refractivity contribution >= 4 is 15.9 Å². The van der Waals surface area contributed by atoms with E-state index in [2.05, 4.69) is 12.2 Å². The number of carbonyl (C=O) groups is 1. The number of hydrogen-bond acceptors (Lipinski definition) is 3. The van der Waals surface area contributed by atoms with Gasteiger partial charge in [0.05, 0.1) is 10.5 Å². The molecule has 0 aromatic heterocycles. The molecule has 2 heterocycles. The third kappa shape index (κ3) is 4.01. The molecule has 0 saturated carbocycles. The average Bonchev–Trinajstić information content (AvgIpc) is 3.17. The van der Waals surface area contributed by atoms with E-state index in [-0.39, 0.29) is 24.9 Å². The fraction of sp³-hybridized carbons (Fsp3) is 0.571. The maximum Gasteiger partial charge on any atom is 0.417 e. The van der Waals surface area contributed by atoms with E-state index in [0.29, 0.717) is 24.7 Å². The number of hydrogen-bond donors (Lipinski definition) is 0. The Morgan fingerprint density at radius 3 is 2.10 bits per heavy atom. The summed E-state index contributed by atoms with van der Waals surface area (Å²) in [5.41, 5.74) is -1.16. The normalized spacial score (nSPS) is 26.0. The minimum absolute atomic E-state index is 0.0488. The summed E-state index contributed by atoms with van der Waals surface area (Å²) >= 11 is 0. The Morgan fingerprint density at radius 1 is 0.967 bits per heavy atom. The van der Waals surface area contributed by atoms with E-state index in [1.54, 1.807) is 0 Å². The monoisotopic (exact) mass is 442 g/mol. The first-order chi connectivity index (χ1) is 14.2. The maximum absolute atomic E-state index is 13.3. The molecule has 2 fully saturated rings. The van der Waals surface area contributed by atoms with Crippen molar-refractivity contribution in [2.24, 2.45) is 17.8 Å². The van der Waals surface area contributed by atoms with Gasteiger partial charge in [-0.1, -0.05) is 24.3 Å². The standard InChI is InChI=1S/C21H25F3N2O3S/c22-21(23,24)18-7-3-4-8-19(18)30(28,29)26-11-9-15(10-12-26)20(27)25-13-16-5-1-2-6-17(16)14-25/h1-4,7-8,15-17H,5-6,9-14H2. The van der Waals surface area contributed by atoms with Crippen molar-refractivity contribution in [3.8, 4) is 0 Å². The molecule has 30 heavy (non-hydrogen) atoms. The molecule has 2 atom stereocenters. The average molecular weight is 443 g/mol. The van der Waals surface area contributed by atoms with Gasteiger partial charge in [-0.2, -0.15) is 17.5 Å². The number of nitrogens with zero attached hydrogens (tertiary/aromatic N) is 2. The first kappa shape index (κ1) is 21.4. The number of piperidine rings is 1. The van der Waals surface area contributed by atoms with Crippen LogP contribution in [-0.4, -0.2) is 49.7 Å². The van der Waals surface area contributed by atoms with Crippen LogP contribution >= 0.6 is 0 Å². The van der Waals surface area contributed by atoms with Crippen molar-refractivity contribution in [3.63, 3.8) is 0 Å². The number of likely N-dealkylation sites (tertiary alicyclic amines) is 1. The summed E-state index contributed by atoms with van der Waals surface area (Å²) in [6.45, 7) is 1.58. The molecule has 0 spiro atoms. The Kier molecular flexibility index (Phi) is 5.69. The lowest BCUT2D eigenvalue weighted by molar-refractivity contribution is -0.140. The summed E-state index contributed by atoms with van der Waals surface area (Å²) in [7, 11) is -4.28. The van der Waals surface area contributed by atoms with Crippen LogP contribution in [-0.2, 0) is 21.0 Å². The summed E-state index contributed by atoms with van der Waals surface area (Å²) in [6, 6.07) is 4.25. The molecule has 4 rings (SSSR count). The number of alkyl halides is 3. The molecule has 2 aliphatic heterocycles. The molecule has 0 N–H and O–H groups in total. The Balaban J connectivity index is 1.42. The molecule has 0 radical (unpaired) electrons. The molecule has 9 heteroatoms. The number of benzene rings is 1. The third-order valence-corrected chi connectivity index (χ3v) is 8.50. The Bertz CT molecular complexity index is 921. The van der Waals surface area contributed by atoms with Gasteiger partial charge in [0.15, 0.2) is 0 Å². The van der Waals surface area contributed by atoms with Crippen molar-refractivity contribution in [1.82, 2.24) is 9.21 Å². The molecule has 1 aliphatic carbocycles. The van der Waals surface area contributed by atoms with Crippen LogP contribution in [0.5, 0.6) is 0 Å². The van der Waals surface area contributed by atoms with E-state index in [1.165, 1.54) is 12.1 Å². The molecule has 0 bridgehead atoms. The van der Waals surface area contributed by atoms with Gasteiger partial charge in [0.1, 0.15) is 0 Å². The number of rotatable bonds is 3. The SMILES string of the molecule is O=C(C1CCN(S(=O)(=O)c2ccccc2C(F)(F)F)CC1)N1CC2CC=CCC2C1. The predicted molar refractivity (Wildman–Crippen MR) is 105 cm³/mol. The van der Waals surface area contributed by atoms with Crippen LogP contribution in [0.4, 0.5) is 13.2 Å². The summed E-state index contributed by atoms with van der Waals surface area (Å²) in [6.07, 6.45) is 2.22. The first-order valence-corrected chi connectivity index (χ1v) is 11.7. The van der Waals surface area contributed by atoms with Gasteiger partial charge < -0.3 is 4.90 Å². The first-order valence-electron chi connectivity index (χ1n) is 10.3. The van der Waals surface area contributed by atoms with Gasteiger partial charge in [-0.05, 0) is 49.7 Å². The number of fused-ring (bicyclic) bond motifs is 1. The molecule has 164 valence electrons. The molecule has 5 nitrogen and oxygen atoms in total. The van der Waals surface area contributed by atoms with Crippen LogP contribution in [0, 0.1) is 17.8 Å². The largest absolute Gasteiger partial charge is 0.417 e. The molecular weight excluding hydrogens is 417 g/mol. The van der Waals surface area contributed by atoms with Gasteiger partial charge in [0, 0.05) is 32.1 Å². The number of allylic oxidation sites excluding steroid dienone is 2. The van der Waals surface area contributed by atoms with Gasteiger partial charge in [-0.15, -0.1) is 0 Å². The highest BCUT2D eigenvalue weighted by molar-refractivity contribution is 7.89. The molecule has 1 aromatic rings. The van der Waals surface area contributed by atoms with Gasteiger partial charge in [0.25, 0.3) is 0 Å². The van der Waals surface area contributed by atoms with Crippen molar-refractivity contribution in [1.29, 1.82) is 0 Å². The summed E-state index contributed by atoms with van der Waals surface area (Å²) in [4.78, 5) is 14.1. The highest BCUT2D eigenvalue weighted by Gasteiger charge is 2.42. The topological polar surface area (TPSA) is 57.7 Å². The fourth-order valence-electron chi connectivity index (χ4n) is 4.86. The molecule has 2 saturated heterocycles. The zero-order chi connectivity index (χ0) is 21.5. The highest BCUT2D eigenvalue weighted by atomic mass is 32.2. The van der Waals surface area contributed by atoms with Crippen molar-refractivity contribution in [3.05, 3.63) is 42.0 Å². The second-order valence-electron chi connectivity index (χ2n) is 8.38. The summed E-state index contributed by atoms with van der Waals surface area (Å²) in [5, 5.41) is 0. The molecule has 1 aromatic carbocycles. The maximum atomic E-state index is 13.3. The van der Waals surface area contributed by atoms with E-state index < -0.39 is 26.7 Å². The van der Waals surface area contributed by atoms with Crippen molar-refractivity contribution < 1.29 is 26.4 Å².